The monoisotopic (exact) mass is 469 g/mol. The van der Waals surface area contributed by atoms with Gasteiger partial charge >= 0.3 is 5.97 Å². The highest BCUT2D eigenvalue weighted by atomic mass is 32.2. The van der Waals surface area contributed by atoms with E-state index in [1.54, 1.807) is 11.8 Å². The zero-order valence-electron chi connectivity index (χ0n) is 20.3. The van der Waals surface area contributed by atoms with Crippen molar-refractivity contribution in [2.24, 2.45) is 0 Å². The number of rotatable bonds is 15. The molecule has 1 aromatic rings. The van der Waals surface area contributed by atoms with E-state index in [-0.39, 0.29) is 17.8 Å². The molecular formula is C28H39NO3S. The Bertz CT molecular complexity index is 846. The number of carbonyl (C=O) groups is 2. The number of Topliss-reactive ketones (excluding diaryl/α,β-unsaturated/α-hetero) is 1. The van der Waals surface area contributed by atoms with Gasteiger partial charge in [0.25, 0.3) is 0 Å². The Morgan fingerprint density at radius 1 is 0.970 bits per heavy atom. The van der Waals surface area contributed by atoms with Crippen molar-refractivity contribution in [1.29, 1.82) is 0 Å². The fourth-order valence-electron chi connectivity index (χ4n) is 4.71. The molecule has 2 aliphatic heterocycles. The molecule has 0 bridgehead atoms. The lowest BCUT2D eigenvalue weighted by Gasteiger charge is -2.25. The molecule has 0 saturated carbocycles. The molecule has 0 fully saturated rings. The number of allylic oxidation sites excluding steroid dienone is 1. The van der Waals surface area contributed by atoms with E-state index in [9.17, 15) is 9.59 Å². The van der Waals surface area contributed by atoms with Crippen molar-refractivity contribution in [1.82, 2.24) is 4.90 Å². The maximum atomic E-state index is 13.2. The van der Waals surface area contributed by atoms with Gasteiger partial charge in [-0.1, -0.05) is 95.0 Å². The largest absolute Gasteiger partial charge is 0.462 e. The lowest BCUT2D eigenvalue weighted by atomic mass is 10.0. The van der Waals surface area contributed by atoms with Crippen molar-refractivity contribution in [3.63, 3.8) is 0 Å². The van der Waals surface area contributed by atoms with Crippen molar-refractivity contribution in [3.8, 4) is 0 Å². The first-order chi connectivity index (χ1) is 16.2. The molecule has 0 saturated heterocycles. The highest BCUT2D eigenvalue weighted by Crippen LogP contribution is 2.40. The molecule has 1 unspecified atom stereocenters. The Morgan fingerprint density at radius 3 is 2.24 bits per heavy atom. The van der Waals surface area contributed by atoms with Gasteiger partial charge in [-0.3, -0.25) is 4.79 Å². The third-order valence-electron chi connectivity index (χ3n) is 6.60. The Labute approximate surface area is 203 Å². The summed E-state index contributed by atoms with van der Waals surface area (Å²) in [6.07, 6.45) is 17.3. The quantitative estimate of drug-likeness (QED) is 0.158. The highest BCUT2D eigenvalue weighted by Gasteiger charge is 2.41. The van der Waals surface area contributed by atoms with Crippen LogP contribution in [0.5, 0.6) is 0 Å². The number of thioether (sulfide) groups is 1. The zero-order chi connectivity index (χ0) is 23.5. The Kier molecular flexibility index (Phi) is 10.6. The van der Waals surface area contributed by atoms with Crippen LogP contribution >= 0.6 is 11.8 Å². The molecule has 180 valence electrons. The number of unbranched alkanes of at least 4 members (excludes halogenated alkanes) is 9. The van der Waals surface area contributed by atoms with Gasteiger partial charge in [-0.25, -0.2) is 4.79 Å². The molecule has 4 nitrogen and oxygen atoms in total. The van der Waals surface area contributed by atoms with Gasteiger partial charge in [0.05, 0.1) is 12.2 Å². The average molecular weight is 470 g/mol. The molecule has 5 heteroatoms. The molecule has 0 N–H and O–H groups in total. The molecular weight excluding hydrogens is 430 g/mol. The Hall–Kier alpha value is -2.01. The topological polar surface area (TPSA) is 46.6 Å². The molecule has 2 aliphatic rings. The number of benzene rings is 1. The number of nitrogens with zero attached hydrogens (tertiary/aromatic N) is 1. The minimum absolute atomic E-state index is 0.0891. The van der Waals surface area contributed by atoms with Gasteiger partial charge in [-0.2, -0.15) is 0 Å². The van der Waals surface area contributed by atoms with E-state index in [1.807, 2.05) is 42.7 Å². The number of ether oxygens (including phenoxy) is 1. The highest BCUT2D eigenvalue weighted by molar-refractivity contribution is 8.02. The van der Waals surface area contributed by atoms with E-state index in [2.05, 4.69) is 11.8 Å². The first-order valence-corrected chi connectivity index (χ1v) is 13.9. The van der Waals surface area contributed by atoms with Gasteiger partial charge in [0.2, 0.25) is 0 Å². The number of esters is 1. The van der Waals surface area contributed by atoms with Crippen LogP contribution in [-0.4, -0.2) is 42.1 Å². The number of fused-ring (bicyclic) bond motifs is 1. The predicted molar refractivity (Wildman–Crippen MR) is 137 cm³/mol. The third-order valence-corrected chi connectivity index (χ3v) is 7.41. The van der Waals surface area contributed by atoms with E-state index >= 15 is 0 Å². The summed E-state index contributed by atoms with van der Waals surface area (Å²) in [6, 6.07) is 9.09. The van der Waals surface area contributed by atoms with E-state index in [0.717, 1.165) is 29.0 Å². The predicted octanol–water partition coefficient (Wildman–Crippen LogP) is 6.92. The van der Waals surface area contributed by atoms with Gasteiger partial charge in [0.15, 0.2) is 5.78 Å². The summed E-state index contributed by atoms with van der Waals surface area (Å²) in [5.74, 6) is -0.126. The number of hydrogen-bond acceptors (Lipinski definition) is 5. The third kappa shape index (κ3) is 6.99. The minimum Gasteiger partial charge on any atom is -0.462 e. The zero-order valence-corrected chi connectivity index (χ0v) is 21.1. The first-order valence-electron chi connectivity index (χ1n) is 12.7. The molecule has 2 heterocycles. The SMILES string of the molecule is CCCCCCCCCCCCOC(=O)C1=C2C=C(SC)C(C(=O)c3ccccc3)N2CC1. The van der Waals surface area contributed by atoms with Crippen molar-refractivity contribution >= 4 is 23.5 Å². The van der Waals surface area contributed by atoms with Crippen LogP contribution in [0.1, 0.15) is 87.9 Å². The second-order valence-corrected chi connectivity index (χ2v) is 9.89. The fourth-order valence-corrected chi connectivity index (χ4v) is 5.40. The van der Waals surface area contributed by atoms with Crippen molar-refractivity contribution < 1.29 is 14.3 Å². The van der Waals surface area contributed by atoms with Crippen LogP contribution in [0.25, 0.3) is 0 Å². The van der Waals surface area contributed by atoms with E-state index in [4.69, 9.17) is 4.74 Å². The van der Waals surface area contributed by atoms with Crippen molar-refractivity contribution in [2.75, 3.05) is 19.4 Å². The molecule has 33 heavy (non-hydrogen) atoms. The smallest absolute Gasteiger partial charge is 0.336 e. The van der Waals surface area contributed by atoms with Gasteiger partial charge in [0.1, 0.15) is 6.04 Å². The van der Waals surface area contributed by atoms with Crippen LogP contribution in [0.4, 0.5) is 0 Å². The van der Waals surface area contributed by atoms with Crippen LogP contribution in [0.15, 0.2) is 52.6 Å². The van der Waals surface area contributed by atoms with Crippen molar-refractivity contribution in [2.45, 2.75) is 83.6 Å². The summed E-state index contributed by atoms with van der Waals surface area (Å²) < 4.78 is 5.61. The molecule has 3 rings (SSSR count). The average Bonchev–Trinajstić information content (AvgIpc) is 3.41. The molecule has 1 atom stereocenters. The lowest BCUT2D eigenvalue weighted by molar-refractivity contribution is -0.139. The van der Waals surface area contributed by atoms with E-state index in [0.29, 0.717) is 25.1 Å². The number of hydrogen-bond donors (Lipinski definition) is 0. The number of carbonyl (C=O) groups excluding carboxylic acids is 2. The minimum atomic E-state index is -0.329. The standard InChI is InChI=1S/C28H39NO3S/c1-3-4-5-6-7-8-9-10-11-15-20-32-28(31)23-18-19-29-24(23)21-25(33-2)26(29)27(30)22-16-13-12-14-17-22/h12-14,16-17,21,26H,3-11,15,18-20H2,1-2H3. The first kappa shape index (κ1) is 25.6. The van der Waals surface area contributed by atoms with Gasteiger partial charge in [-0.15, -0.1) is 11.8 Å². The maximum Gasteiger partial charge on any atom is 0.336 e. The fraction of sp³-hybridized carbons (Fsp3) is 0.571. The summed E-state index contributed by atoms with van der Waals surface area (Å²) >= 11 is 1.58. The van der Waals surface area contributed by atoms with Gasteiger partial charge in [0, 0.05) is 22.7 Å². The maximum absolute atomic E-state index is 13.2. The second kappa shape index (κ2) is 13.6. The second-order valence-electron chi connectivity index (χ2n) is 9.01. The van der Waals surface area contributed by atoms with Gasteiger partial charge < -0.3 is 9.64 Å². The normalized spacial score (nSPS) is 17.3. The molecule has 0 spiro atoms. The van der Waals surface area contributed by atoms with E-state index in [1.165, 1.54) is 51.4 Å². The summed E-state index contributed by atoms with van der Waals surface area (Å²) in [4.78, 5) is 29.0. The number of ketones is 1. The lowest BCUT2D eigenvalue weighted by Crippen LogP contribution is -2.36. The summed E-state index contributed by atoms with van der Waals surface area (Å²) in [5, 5.41) is 0. The van der Waals surface area contributed by atoms with Crippen LogP contribution in [0, 0.1) is 0 Å². The molecule has 0 amide bonds. The molecule has 0 aromatic heterocycles. The van der Waals surface area contributed by atoms with E-state index < -0.39 is 0 Å². The molecule has 1 aromatic carbocycles. The van der Waals surface area contributed by atoms with Gasteiger partial charge in [-0.05, 0) is 25.2 Å². The van der Waals surface area contributed by atoms with Crippen LogP contribution < -0.4 is 0 Å². The summed E-state index contributed by atoms with van der Waals surface area (Å²) in [5.41, 5.74) is 2.30. The summed E-state index contributed by atoms with van der Waals surface area (Å²) in [7, 11) is 0. The Balaban J connectivity index is 1.44. The van der Waals surface area contributed by atoms with Crippen LogP contribution in [-0.2, 0) is 9.53 Å². The van der Waals surface area contributed by atoms with Crippen LogP contribution in [0.3, 0.4) is 0 Å². The van der Waals surface area contributed by atoms with Crippen molar-refractivity contribution in [3.05, 3.63) is 58.1 Å². The van der Waals surface area contributed by atoms with Crippen LogP contribution in [0.2, 0.25) is 0 Å². The Morgan fingerprint density at radius 2 is 1.61 bits per heavy atom. The molecule has 0 aliphatic carbocycles. The summed E-state index contributed by atoms with van der Waals surface area (Å²) in [6.45, 7) is 3.42. The molecule has 0 radical (unpaired) electrons.